The van der Waals surface area contributed by atoms with Crippen molar-refractivity contribution < 1.29 is 9.90 Å². The highest BCUT2D eigenvalue weighted by molar-refractivity contribution is 8.40. The Hall–Kier alpha value is -1.56. The Labute approximate surface area is 212 Å². The molecular formula is C26H25NO2S4. The van der Waals surface area contributed by atoms with Gasteiger partial charge in [0.25, 0.3) is 0 Å². The van der Waals surface area contributed by atoms with Crippen LogP contribution in [-0.2, 0) is 0 Å². The summed E-state index contributed by atoms with van der Waals surface area (Å²) in [5.74, 6) is 1.92. The normalized spacial score (nSPS) is 15.0. The maximum atomic E-state index is 13.1. The number of nitrogens with zero attached hydrogens (tertiary/aromatic N) is 1. The maximum absolute atomic E-state index is 13.1. The van der Waals surface area contributed by atoms with E-state index in [1.807, 2.05) is 59.9 Å². The number of aliphatic hydroxyl groups excluding tert-OH is 1. The molecule has 1 aliphatic heterocycles. The number of carbonyl (C=O) groups is 1. The number of benzene rings is 2. The van der Waals surface area contributed by atoms with E-state index < -0.39 is 0 Å². The Morgan fingerprint density at radius 2 is 1.33 bits per heavy atom. The molecule has 0 unspecified atom stereocenters. The molecule has 0 bridgehead atoms. The molecule has 1 aliphatic carbocycles. The van der Waals surface area contributed by atoms with Crippen molar-refractivity contribution in [3.63, 3.8) is 0 Å². The van der Waals surface area contributed by atoms with Crippen LogP contribution in [0.25, 0.3) is 5.57 Å². The number of hydrogen-bond acceptors (Lipinski definition) is 7. The average Bonchev–Trinajstić information content (AvgIpc) is 3.24. The maximum Gasteiger partial charge on any atom is 0.194 e. The van der Waals surface area contributed by atoms with Crippen molar-refractivity contribution in [1.29, 1.82) is 5.26 Å². The van der Waals surface area contributed by atoms with Gasteiger partial charge in [0.15, 0.2) is 5.78 Å². The van der Waals surface area contributed by atoms with Gasteiger partial charge in [-0.2, -0.15) is 5.26 Å². The van der Waals surface area contributed by atoms with Crippen LogP contribution in [0.15, 0.2) is 61.2 Å². The highest BCUT2D eigenvalue weighted by Gasteiger charge is 2.32. The van der Waals surface area contributed by atoms with Crippen molar-refractivity contribution >= 4 is 58.4 Å². The molecule has 0 spiro atoms. The number of ketones is 1. The van der Waals surface area contributed by atoms with Crippen molar-refractivity contribution in [3.05, 3.63) is 83.5 Å². The highest BCUT2D eigenvalue weighted by Crippen LogP contribution is 2.60. The number of aliphatic hydroxyl groups is 1. The summed E-state index contributed by atoms with van der Waals surface area (Å²) in [6.45, 7) is 0.271. The molecule has 0 saturated carbocycles. The second kappa shape index (κ2) is 12.2. The van der Waals surface area contributed by atoms with Crippen LogP contribution < -0.4 is 0 Å². The molecule has 2 aromatic rings. The molecule has 0 saturated heterocycles. The van der Waals surface area contributed by atoms with Crippen molar-refractivity contribution in [2.24, 2.45) is 0 Å². The average molecular weight is 512 g/mol. The van der Waals surface area contributed by atoms with Gasteiger partial charge in [-0.3, -0.25) is 4.79 Å². The number of thioether (sulfide) groups is 4. The predicted molar refractivity (Wildman–Crippen MR) is 145 cm³/mol. The second-order valence-electron chi connectivity index (χ2n) is 7.60. The van der Waals surface area contributed by atoms with Gasteiger partial charge >= 0.3 is 0 Å². The minimum atomic E-state index is 0.0904. The monoisotopic (exact) mass is 511 g/mol. The van der Waals surface area contributed by atoms with Crippen molar-refractivity contribution in [2.75, 3.05) is 18.1 Å². The summed E-state index contributed by atoms with van der Waals surface area (Å²) in [6.07, 6.45) is 4.73. The molecule has 2 aromatic carbocycles. The zero-order valence-corrected chi connectivity index (χ0v) is 21.5. The van der Waals surface area contributed by atoms with Crippen LogP contribution in [0.4, 0.5) is 0 Å². The van der Waals surface area contributed by atoms with E-state index in [-0.39, 0.29) is 12.4 Å². The Balaban J connectivity index is 1.63. The van der Waals surface area contributed by atoms with E-state index in [1.54, 1.807) is 23.5 Å². The Bertz CT molecular complexity index is 1080. The van der Waals surface area contributed by atoms with E-state index >= 15 is 0 Å². The third-order valence-electron chi connectivity index (χ3n) is 5.36. The van der Waals surface area contributed by atoms with Crippen LogP contribution in [0.2, 0.25) is 0 Å². The number of carbonyl (C=O) groups excluding carboxylic acids is 1. The Morgan fingerprint density at radius 3 is 1.91 bits per heavy atom. The Morgan fingerprint density at radius 1 is 0.788 bits per heavy atom. The molecule has 0 amide bonds. The van der Waals surface area contributed by atoms with E-state index in [9.17, 15) is 4.79 Å². The molecule has 170 valence electrons. The SMILES string of the molecule is N#CCCSC1=C(SCCCCCCO)SC(=C2c3ccccc3C(=O)c3ccccc32)S1. The molecule has 33 heavy (non-hydrogen) atoms. The summed E-state index contributed by atoms with van der Waals surface area (Å²) in [7, 11) is 0. The number of fused-ring (bicyclic) bond motifs is 2. The highest BCUT2D eigenvalue weighted by atomic mass is 32.3. The number of hydrogen-bond donors (Lipinski definition) is 1. The van der Waals surface area contributed by atoms with Crippen molar-refractivity contribution in [1.82, 2.24) is 0 Å². The first-order valence-corrected chi connectivity index (χ1v) is 14.7. The van der Waals surface area contributed by atoms with Gasteiger partial charge < -0.3 is 5.11 Å². The first-order chi connectivity index (χ1) is 16.2. The van der Waals surface area contributed by atoms with Gasteiger partial charge in [0, 0.05) is 35.5 Å². The van der Waals surface area contributed by atoms with Crippen LogP contribution in [-0.4, -0.2) is 29.0 Å². The molecule has 0 fully saturated rings. The van der Waals surface area contributed by atoms with Gasteiger partial charge in [-0.15, -0.1) is 23.5 Å². The minimum Gasteiger partial charge on any atom is -0.396 e. The molecule has 2 aliphatic rings. The minimum absolute atomic E-state index is 0.0904. The molecule has 0 atom stereocenters. The fraction of sp³-hybridized carbons (Fsp3) is 0.308. The molecule has 1 heterocycles. The smallest absolute Gasteiger partial charge is 0.194 e. The fourth-order valence-electron chi connectivity index (χ4n) is 3.78. The van der Waals surface area contributed by atoms with E-state index in [4.69, 9.17) is 10.4 Å². The molecular weight excluding hydrogens is 487 g/mol. The van der Waals surface area contributed by atoms with Gasteiger partial charge in [-0.25, -0.2) is 0 Å². The van der Waals surface area contributed by atoms with Crippen molar-refractivity contribution in [3.8, 4) is 6.07 Å². The lowest BCUT2D eigenvalue weighted by Gasteiger charge is -2.23. The fourth-order valence-corrected chi connectivity index (χ4v) is 9.74. The van der Waals surface area contributed by atoms with E-state index in [0.29, 0.717) is 6.42 Å². The van der Waals surface area contributed by atoms with Crippen LogP contribution in [0, 0.1) is 11.3 Å². The summed E-state index contributed by atoms with van der Waals surface area (Å²) in [4.78, 5) is 13.1. The van der Waals surface area contributed by atoms with E-state index in [2.05, 4.69) is 18.2 Å². The second-order valence-corrected chi connectivity index (χ2v) is 12.6. The molecule has 3 nitrogen and oxygen atoms in total. The van der Waals surface area contributed by atoms with Crippen LogP contribution in [0.1, 0.15) is 59.2 Å². The van der Waals surface area contributed by atoms with Crippen LogP contribution in [0.3, 0.4) is 0 Å². The zero-order valence-electron chi connectivity index (χ0n) is 18.2. The lowest BCUT2D eigenvalue weighted by Crippen LogP contribution is -2.14. The van der Waals surface area contributed by atoms with Crippen molar-refractivity contribution in [2.45, 2.75) is 32.1 Å². The molecule has 0 aromatic heterocycles. The van der Waals surface area contributed by atoms with Gasteiger partial charge in [0.05, 0.1) is 18.8 Å². The van der Waals surface area contributed by atoms with Gasteiger partial charge in [-0.1, -0.05) is 84.9 Å². The summed E-state index contributed by atoms with van der Waals surface area (Å²) in [5, 5.41) is 18.0. The lowest BCUT2D eigenvalue weighted by atomic mass is 9.82. The molecule has 0 radical (unpaired) electrons. The molecule has 1 N–H and O–H groups in total. The summed E-state index contributed by atoms with van der Waals surface area (Å²) in [5.41, 5.74) is 4.69. The van der Waals surface area contributed by atoms with Gasteiger partial charge in [0.2, 0.25) is 0 Å². The van der Waals surface area contributed by atoms with Gasteiger partial charge in [0.1, 0.15) is 0 Å². The molecule has 4 rings (SSSR count). The summed E-state index contributed by atoms with van der Waals surface area (Å²) >= 11 is 7.25. The molecule has 7 heteroatoms. The first kappa shape index (κ1) is 24.6. The third-order valence-corrected chi connectivity index (χ3v) is 11.0. The first-order valence-electron chi connectivity index (χ1n) is 11.1. The topological polar surface area (TPSA) is 61.1 Å². The standard InChI is InChI=1S/C26H25NO2S4/c27-14-9-17-31-26-25(30-16-8-2-1-7-15-28)32-24(33-26)22-18-10-3-5-12-20(18)23(29)21-13-6-4-11-19(21)22/h3-6,10-13,28H,1-2,7-9,15-17H2. The summed E-state index contributed by atoms with van der Waals surface area (Å²) < 4.78 is 3.79. The predicted octanol–water partition coefficient (Wildman–Crippen LogP) is 7.49. The third kappa shape index (κ3) is 5.75. The zero-order chi connectivity index (χ0) is 23.0. The number of rotatable bonds is 10. The van der Waals surface area contributed by atoms with Crippen LogP contribution in [0.5, 0.6) is 0 Å². The number of nitriles is 1. The van der Waals surface area contributed by atoms with E-state index in [0.717, 1.165) is 65.0 Å². The number of unbranched alkanes of at least 4 members (excludes halogenated alkanes) is 3. The quantitative estimate of drug-likeness (QED) is 0.283. The largest absolute Gasteiger partial charge is 0.396 e. The Kier molecular flexibility index (Phi) is 9.10. The van der Waals surface area contributed by atoms with E-state index in [1.165, 1.54) is 12.7 Å². The van der Waals surface area contributed by atoms with Crippen LogP contribution >= 0.6 is 47.0 Å². The summed E-state index contributed by atoms with van der Waals surface area (Å²) in [6, 6.07) is 18.1. The lowest BCUT2D eigenvalue weighted by molar-refractivity contribution is 0.103. The van der Waals surface area contributed by atoms with Gasteiger partial charge in [-0.05, 0) is 29.7 Å².